The van der Waals surface area contributed by atoms with E-state index in [9.17, 15) is 9.59 Å². The zero-order chi connectivity index (χ0) is 10.1. The lowest BCUT2D eigenvalue weighted by atomic mass is 10.3. The van der Waals surface area contributed by atoms with Gasteiger partial charge >= 0.3 is 11.9 Å². The van der Waals surface area contributed by atoms with Crippen LogP contribution in [-0.4, -0.2) is 23.7 Å². The van der Waals surface area contributed by atoms with E-state index < -0.39 is 11.9 Å². The van der Waals surface area contributed by atoms with Crippen LogP contribution in [0.15, 0.2) is 12.2 Å². The summed E-state index contributed by atoms with van der Waals surface area (Å²) in [5.41, 5.74) is 0. The Morgan fingerprint density at radius 1 is 1.38 bits per heavy atom. The van der Waals surface area contributed by atoms with Gasteiger partial charge in [-0.25, -0.2) is 0 Å². The van der Waals surface area contributed by atoms with Crippen molar-refractivity contribution in [2.75, 3.05) is 6.61 Å². The van der Waals surface area contributed by atoms with Crippen molar-refractivity contribution in [1.82, 2.24) is 0 Å². The third-order valence-corrected chi connectivity index (χ3v) is 1.33. The van der Waals surface area contributed by atoms with E-state index in [1.165, 1.54) is 0 Å². The van der Waals surface area contributed by atoms with Crippen LogP contribution in [0.4, 0.5) is 0 Å². The van der Waals surface area contributed by atoms with Crippen LogP contribution in [0.3, 0.4) is 0 Å². The first kappa shape index (κ1) is 11.7. The lowest BCUT2D eigenvalue weighted by molar-refractivity contribution is -0.147. The quantitative estimate of drug-likeness (QED) is 0.386. The molecule has 0 aliphatic heterocycles. The van der Waals surface area contributed by atoms with Crippen molar-refractivity contribution in [2.24, 2.45) is 0 Å². The van der Waals surface area contributed by atoms with Crippen LogP contribution in [0.5, 0.6) is 0 Å². The number of allylic oxidation sites excluding steroid dienone is 1. The van der Waals surface area contributed by atoms with Crippen LogP contribution in [0.2, 0.25) is 0 Å². The summed E-state index contributed by atoms with van der Waals surface area (Å²) in [5, 5.41) is 8.25. The number of carboxylic acids is 1. The average molecular weight is 186 g/mol. The molecule has 0 heterocycles. The Kier molecular flexibility index (Phi) is 6.59. The van der Waals surface area contributed by atoms with E-state index in [1.807, 2.05) is 19.1 Å². The SMILES string of the molecule is CC=CCCOC(=O)CCC(=O)O. The minimum absolute atomic E-state index is 0.0504. The molecular weight excluding hydrogens is 172 g/mol. The predicted octanol–water partition coefficient (Wildman–Crippen LogP) is 1.36. The molecule has 74 valence electrons. The van der Waals surface area contributed by atoms with Crippen LogP contribution in [0.25, 0.3) is 0 Å². The maximum atomic E-state index is 10.8. The number of hydrogen-bond donors (Lipinski definition) is 1. The summed E-state index contributed by atoms with van der Waals surface area (Å²) in [4.78, 5) is 20.9. The minimum Gasteiger partial charge on any atom is -0.481 e. The molecule has 0 radical (unpaired) electrons. The molecule has 0 bridgehead atoms. The van der Waals surface area contributed by atoms with Gasteiger partial charge < -0.3 is 9.84 Å². The summed E-state index contributed by atoms with van der Waals surface area (Å²) in [6.45, 7) is 2.20. The highest BCUT2D eigenvalue weighted by atomic mass is 16.5. The van der Waals surface area contributed by atoms with Crippen molar-refractivity contribution in [3.05, 3.63) is 12.2 Å². The second kappa shape index (κ2) is 7.34. The smallest absolute Gasteiger partial charge is 0.306 e. The van der Waals surface area contributed by atoms with Crippen molar-refractivity contribution >= 4 is 11.9 Å². The molecule has 0 aliphatic rings. The minimum atomic E-state index is -0.981. The number of carboxylic acid groups (broad SMARTS) is 1. The van der Waals surface area contributed by atoms with Gasteiger partial charge in [-0.1, -0.05) is 12.2 Å². The maximum Gasteiger partial charge on any atom is 0.306 e. The molecule has 0 aliphatic carbocycles. The number of aliphatic carboxylic acids is 1. The van der Waals surface area contributed by atoms with Gasteiger partial charge in [-0.2, -0.15) is 0 Å². The van der Waals surface area contributed by atoms with E-state index in [2.05, 4.69) is 0 Å². The summed E-state index contributed by atoms with van der Waals surface area (Å²) in [6.07, 6.45) is 4.21. The highest BCUT2D eigenvalue weighted by Crippen LogP contribution is 1.94. The fraction of sp³-hybridized carbons (Fsp3) is 0.556. The maximum absolute atomic E-state index is 10.8. The summed E-state index contributed by atoms with van der Waals surface area (Å²) in [6, 6.07) is 0. The number of hydrogen-bond acceptors (Lipinski definition) is 3. The Bertz CT molecular complexity index is 196. The summed E-state index contributed by atoms with van der Waals surface area (Å²) < 4.78 is 4.74. The molecule has 0 aromatic carbocycles. The van der Waals surface area contributed by atoms with Gasteiger partial charge in [-0.05, 0) is 13.3 Å². The molecule has 0 aromatic heterocycles. The first-order chi connectivity index (χ1) is 6.16. The van der Waals surface area contributed by atoms with E-state index in [0.717, 1.165) is 0 Å². The fourth-order valence-corrected chi connectivity index (χ4v) is 0.689. The van der Waals surface area contributed by atoms with E-state index in [0.29, 0.717) is 13.0 Å². The van der Waals surface area contributed by atoms with Gasteiger partial charge in [0.2, 0.25) is 0 Å². The van der Waals surface area contributed by atoms with Crippen molar-refractivity contribution in [1.29, 1.82) is 0 Å². The van der Waals surface area contributed by atoms with Gasteiger partial charge in [0.15, 0.2) is 0 Å². The molecule has 13 heavy (non-hydrogen) atoms. The Balaban J connectivity index is 3.35. The van der Waals surface area contributed by atoms with Crippen molar-refractivity contribution in [3.8, 4) is 0 Å². The van der Waals surface area contributed by atoms with E-state index in [4.69, 9.17) is 9.84 Å². The second-order valence-electron chi connectivity index (χ2n) is 2.47. The topological polar surface area (TPSA) is 63.6 Å². The van der Waals surface area contributed by atoms with Crippen molar-refractivity contribution in [3.63, 3.8) is 0 Å². The number of carbonyl (C=O) groups is 2. The zero-order valence-corrected chi connectivity index (χ0v) is 7.66. The van der Waals surface area contributed by atoms with Crippen LogP contribution in [-0.2, 0) is 14.3 Å². The van der Waals surface area contributed by atoms with Crippen LogP contribution < -0.4 is 0 Å². The van der Waals surface area contributed by atoms with Crippen LogP contribution in [0.1, 0.15) is 26.2 Å². The van der Waals surface area contributed by atoms with E-state index in [-0.39, 0.29) is 12.8 Å². The predicted molar refractivity (Wildman–Crippen MR) is 47.3 cm³/mol. The molecule has 0 atom stereocenters. The first-order valence-corrected chi connectivity index (χ1v) is 4.15. The summed E-state index contributed by atoms with van der Waals surface area (Å²) in [5.74, 6) is -1.43. The summed E-state index contributed by atoms with van der Waals surface area (Å²) >= 11 is 0. The number of esters is 1. The van der Waals surface area contributed by atoms with Crippen molar-refractivity contribution < 1.29 is 19.4 Å². The lowest BCUT2D eigenvalue weighted by Gasteiger charge is -2.00. The lowest BCUT2D eigenvalue weighted by Crippen LogP contribution is -2.07. The number of rotatable bonds is 6. The molecule has 0 fully saturated rings. The molecule has 0 unspecified atom stereocenters. The fourth-order valence-electron chi connectivity index (χ4n) is 0.689. The third kappa shape index (κ3) is 8.59. The van der Waals surface area contributed by atoms with Gasteiger partial charge in [0.25, 0.3) is 0 Å². The molecular formula is C9H14O4. The van der Waals surface area contributed by atoms with Gasteiger partial charge in [-0.3, -0.25) is 9.59 Å². The van der Waals surface area contributed by atoms with Crippen LogP contribution >= 0.6 is 0 Å². The van der Waals surface area contributed by atoms with Gasteiger partial charge in [0, 0.05) is 0 Å². The Hall–Kier alpha value is -1.32. The molecule has 0 aromatic rings. The number of ether oxygens (including phenoxy) is 1. The van der Waals surface area contributed by atoms with Gasteiger partial charge in [0.1, 0.15) is 0 Å². The number of carbonyl (C=O) groups excluding carboxylic acids is 1. The van der Waals surface area contributed by atoms with E-state index >= 15 is 0 Å². The normalized spacial score (nSPS) is 10.2. The van der Waals surface area contributed by atoms with Crippen molar-refractivity contribution in [2.45, 2.75) is 26.2 Å². The molecule has 4 nitrogen and oxygen atoms in total. The highest BCUT2D eigenvalue weighted by molar-refractivity contribution is 5.76. The third-order valence-electron chi connectivity index (χ3n) is 1.33. The zero-order valence-electron chi connectivity index (χ0n) is 7.66. The first-order valence-electron chi connectivity index (χ1n) is 4.15. The molecule has 0 rings (SSSR count). The highest BCUT2D eigenvalue weighted by Gasteiger charge is 2.05. The molecule has 0 spiro atoms. The average Bonchev–Trinajstić information content (AvgIpc) is 2.09. The molecule has 0 amide bonds. The monoisotopic (exact) mass is 186 g/mol. The van der Waals surface area contributed by atoms with Crippen LogP contribution in [0, 0.1) is 0 Å². The largest absolute Gasteiger partial charge is 0.481 e. The molecule has 0 saturated heterocycles. The summed E-state index contributed by atoms with van der Waals surface area (Å²) in [7, 11) is 0. The Morgan fingerprint density at radius 3 is 2.62 bits per heavy atom. The standard InChI is InChI=1S/C9H14O4/c1-2-3-4-7-13-9(12)6-5-8(10)11/h2-3H,4-7H2,1H3,(H,10,11). The second-order valence-corrected chi connectivity index (χ2v) is 2.47. The van der Waals surface area contributed by atoms with E-state index in [1.54, 1.807) is 0 Å². The Labute approximate surface area is 77.2 Å². The van der Waals surface area contributed by atoms with Gasteiger partial charge in [-0.15, -0.1) is 0 Å². The van der Waals surface area contributed by atoms with Gasteiger partial charge in [0.05, 0.1) is 19.4 Å². The molecule has 4 heteroatoms. The molecule has 0 saturated carbocycles. The Morgan fingerprint density at radius 2 is 2.08 bits per heavy atom. The molecule has 1 N–H and O–H groups in total.